The van der Waals surface area contributed by atoms with E-state index in [2.05, 4.69) is 13.2 Å². The van der Waals surface area contributed by atoms with Crippen LogP contribution < -0.4 is 0 Å². The van der Waals surface area contributed by atoms with Gasteiger partial charge in [-0.25, -0.2) is 4.79 Å². The van der Waals surface area contributed by atoms with Gasteiger partial charge in [-0.05, 0) is 47.5 Å². The van der Waals surface area contributed by atoms with Crippen molar-refractivity contribution >= 4 is 6.09 Å². The quantitative estimate of drug-likeness (QED) is 0.624. The Hall–Kier alpha value is -1.33. The molecule has 2 atom stereocenters. The molecule has 2 unspecified atom stereocenters. The number of hydrogen-bond donors (Lipinski definition) is 1. The lowest BCUT2D eigenvalue weighted by atomic mass is 10.0. The summed E-state index contributed by atoms with van der Waals surface area (Å²) in [6, 6.07) is -0.467. The molecule has 0 aromatic rings. The minimum atomic E-state index is -0.579. The van der Waals surface area contributed by atoms with Gasteiger partial charge in [0.25, 0.3) is 0 Å². The summed E-state index contributed by atoms with van der Waals surface area (Å²) in [7, 11) is 0. The maximum absolute atomic E-state index is 12.5. The molecule has 1 N–H and O–H groups in total. The van der Waals surface area contributed by atoms with Crippen LogP contribution in [0.1, 0.15) is 47.5 Å². The summed E-state index contributed by atoms with van der Waals surface area (Å²) in [6.45, 7) is 16.9. The van der Waals surface area contributed by atoms with Gasteiger partial charge in [-0.2, -0.15) is 0 Å². The summed E-state index contributed by atoms with van der Waals surface area (Å²) in [5, 5.41) is 9.78. The zero-order valence-electron chi connectivity index (χ0n) is 15.2. The Morgan fingerprint density at radius 2 is 1.87 bits per heavy atom. The van der Waals surface area contributed by atoms with Crippen molar-refractivity contribution in [2.45, 2.75) is 71.2 Å². The molecule has 23 heavy (non-hydrogen) atoms. The van der Waals surface area contributed by atoms with Crippen LogP contribution in [0.3, 0.4) is 0 Å². The molecule has 0 fully saturated rings. The van der Waals surface area contributed by atoms with E-state index in [0.29, 0.717) is 19.4 Å². The van der Waals surface area contributed by atoms with Crippen LogP contribution >= 0.6 is 0 Å². The minimum absolute atomic E-state index is 0.0919. The molecule has 5 heteroatoms. The van der Waals surface area contributed by atoms with E-state index in [9.17, 15) is 9.90 Å². The summed E-state index contributed by atoms with van der Waals surface area (Å²) in [5.74, 6) is 0. The zero-order valence-corrected chi connectivity index (χ0v) is 15.2. The summed E-state index contributed by atoms with van der Waals surface area (Å²) in [6.07, 6.45) is 4.05. The summed E-state index contributed by atoms with van der Waals surface area (Å²) in [5.41, 5.74) is -0.579. The van der Waals surface area contributed by atoms with Crippen LogP contribution in [0.4, 0.5) is 4.79 Å². The van der Waals surface area contributed by atoms with Crippen LogP contribution in [-0.2, 0) is 9.47 Å². The number of ether oxygens (including phenoxy) is 2. The van der Waals surface area contributed by atoms with Gasteiger partial charge in [-0.1, -0.05) is 12.2 Å². The normalized spacial score (nSPS) is 14.2. The van der Waals surface area contributed by atoms with Crippen molar-refractivity contribution < 1.29 is 19.4 Å². The number of carbonyl (C=O) groups is 1. The topological polar surface area (TPSA) is 59.0 Å². The van der Waals surface area contributed by atoms with E-state index in [1.165, 1.54) is 0 Å². The van der Waals surface area contributed by atoms with Gasteiger partial charge in [0.05, 0.1) is 25.4 Å². The van der Waals surface area contributed by atoms with Crippen molar-refractivity contribution in [3.63, 3.8) is 0 Å². The fraction of sp³-hybridized carbons (Fsp3) is 0.722. The lowest BCUT2D eigenvalue weighted by Gasteiger charge is -2.36. The molecule has 0 aliphatic heterocycles. The molecule has 0 aliphatic rings. The Kier molecular flexibility index (Phi) is 9.84. The molecule has 134 valence electrons. The lowest BCUT2D eigenvalue weighted by Crippen LogP contribution is -2.50. The first-order valence-corrected chi connectivity index (χ1v) is 8.11. The van der Waals surface area contributed by atoms with Gasteiger partial charge in [0.15, 0.2) is 0 Å². The first-order valence-electron chi connectivity index (χ1n) is 8.11. The third-order valence-corrected chi connectivity index (χ3v) is 3.18. The van der Waals surface area contributed by atoms with Gasteiger partial charge in [0.1, 0.15) is 5.60 Å². The van der Waals surface area contributed by atoms with Crippen LogP contribution in [0.15, 0.2) is 25.3 Å². The molecule has 5 nitrogen and oxygen atoms in total. The van der Waals surface area contributed by atoms with Gasteiger partial charge >= 0.3 is 6.09 Å². The molecular formula is C18H33NO4. The van der Waals surface area contributed by atoms with Gasteiger partial charge in [0.2, 0.25) is 0 Å². The second-order valence-corrected chi connectivity index (χ2v) is 6.82. The number of hydrogen-bond acceptors (Lipinski definition) is 4. The van der Waals surface area contributed by atoms with Crippen molar-refractivity contribution in [3.05, 3.63) is 25.3 Å². The standard InChI is InChI=1S/C18H33NO4/c1-8-10-16(22-11-9-2)12-15(13-20)19(14(3)4)17(21)23-18(5,6)7/h8-9,14-16,20H,1-2,10-13H2,3-7H3. The second-order valence-electron chi connectivity index (χ2n) is 6.82. The molecule has 0 bridgehead atoms. The molecule has 0 rings (SSSR count). The Morgan fingerprint density at radius 1 is 1.26 bits per heavy atom. The van der Waals surface area contributed by atoms with Crippen molar-refractivity contribution in [1.82, 2.24) is 4.90 Å². The van der Waals surface area contributed by atoms with E-state index in [4.69, 9.17) is 9.47 Å². The van der Waals surface area contributed by atoms with Crippen LogP contribution in [0.5, 0.6) is 0 Å². The van der Waals surface area contributed by atoms with E-state index in [0.717, 1.165) is 0 Å². The number of aliphatic hydroxyl groups is 1. The Bertz CT molecular complexity index is 374. The van der Waals surface area contributed by atoms with Crippen molar-refractivity contribution in [1.29, 1.82) is 0 Å². The molecule has 0 saturated heterocycles. The largest absolute Gasteiger partial charge is 0.444 e. The number of aliphatic hydroxyl groups excluding tert-OH is 1. The van der Waals surface area contributed by atoms with Crippen molar-refractivity contribution in [2.24, 2.45) is 0 Å². The number of nitrogens with zero attached hydrogens (tertiary/aromatic N) is 1. The van der Waals surface area contributed by atoms with E-state index >= 15 is 0 Å². The van der Waals surface area contributed by atoms with Gasteiger partial charge in [-0.15, -0.1) is 13.2 Å². The smallest absolute Gasteiger partial charge is 0.410 e. The highest BCUT2D eigenvalue weighted by molar-refractivity contribution is 5.69. The molecule has 0 radical (unpaired) electrons. The Morgan fingerprint density at radius 3 is 2.26 bits per heavy atom. The van der Waals surface area contributed by atoms with Crippen molar-refractivity contribution in [2.75, 3.05) is 13.2 Å². The molecular weight excluding hydrogens is 294 g/mol. The predicted octanol–water partition coefficient (Wildman–Crippen LogP) is 3.53. The molecule has 0 aromatic carbocycles. The van der Waals surface area contributed by atoms with Crippen molar-refractivity contribution in [3.8, 4) is 0 Å². The van der Waals surface area contributed by atoms with Crippen LogP contribution in [0.25, 0.3) is 0 Å². The van der Waals surface area contributed by atoms with Gasteiger partial charge in [-0.3, -0.25) is 0 Å². The molecule has 0 saturated carbocycles. The SMILES string of the molecule is C=CCOC(CC=C)CC(CO)N(C(=O)OC(C)(C)C)C(C)C. The van der Waals surface area contributed by atoms with E-state index < -0.39 is 11.7 Å². The van der Waals surface area contributed by atoms with E-state index in [-0.39, 0.29) is 24.8 Å². The predicted molar refractivity (Wildman–Crippen MR) is 93.5 cm³/mol. The first kappa shape index (κ1) is 21.7. The van der Waals surface area contributed by atoms with Gasteiger partial charge < -0.3 is 19.5 Å². The van der Waals surface area contributed by atoms with Gasteiger partial charge in [0, 0.05) is 6.04 Å². The highest BCUT2D eigenvalue weighted by Gasteiger charge is 2.31. The summed E-state index contributed by atoms with van der Waals surface area (Å²) < 4.78 is 11.2. The first-order chi connectivity index (χ1) is 10.7. The van der Waals surface area contributed by atoms with Crippen LogP contribution in [0, 0.1) is 0 Å². The lowest BCUT2D eigenvalue weighted by molar-refractivity contribution is -0.0148. The fourth-order valence-electron chi connectivity index (χ4n) is 2.30. The maximum Gasteiger partial charge on any atom is 0.410 e. The minimum Gasteiger partial charge on any atom is -0.444 e. The Balaban J connectivity index is 5.10. The number of amides is 1. The summed E-state index contributed by atoms with van der Waals surface area (Å²) >= 11 is 0. The van der Waals surface area contributed by atoms with E-state index in [1.54, 1.807) is 17.1 Å². The molecule has 0 aromatic heterocycles. The third kappa shape index (κ3) is 8.77. The highest BCUT2D eigenvalue weighted by atomic mass is 16.6. The fourth-order valence-corrected chi connectivity index (χ4v) is 2.30. The van der Waals surface area contributed by atoms with E-state index in [1.807, 2.05) is 34.6 Å². The third-order valence-electron chi connectivity index (χ3n) is 3.18. The number of carbonyl (C=O) groups excluding carboxylic acids is 1. The second kappa shape index (κ2) is 10.4. The van der Waals surface area contributed by atoms with Crippen LogP contribution in [-0.4, -0.2) is 53.1 Å². The molecule has 1 amide bonds. The average Bonchev–Trinajstić information content (AvgIpc) is 2.41. The molecule has 0 heterocycles. The maximum atomic E-state index is 12.5. The molecule has 0 spiro atoms. The highest BCUT2D eigenvalue weighted by Crippen LogP contribution is 2.19. The number of rotatable bonds is 10. The average molecular weight is 327 g/mol. The Labute approximate surface area is 141 Å². The van der Waals surface area contributed by atoms with Crippen LogP contribution in [0.2, 0.25) is 0 Å². The summed E-state index contributed by atoms with van der Waals surface area (Å²) in [4.78, 5) is 14.1. The molecule has 0 aliphatic carbocycles. The monoisotopic (exact) mass is 327 g/mol. The zero-order chi connectivity index (χ0) is 18.0.